The van der Waals surface area contributed by atoms with Crippen molar-refractivity contribution >= 4 is 16.5 Å². The predicted octanol–water partition coefficient (Wildman–Crippen LogP) is 2.39. The van der Waals surface area contributed by atoms with Crippen LogP contribution in [-0.2, 0) is 0 Å². The molecule has 0 aromatic carbocycles. The fourth-order valence-electron chi connectivity index (χ4n) is 2.56. The minimum Gasteiger partial charge on any atom is -0.346 e. The van der Waals surface area contributed by atoms with Gasteiger partial charge in [-0.3, -0.25) is 4.90 Å². The summed E-state index contributed by atoms with van der Waals surface area (Å²) in [5.74, 6) is 0. The molecule has 0 amide bonds. The quantitative estimate of drug-likeness (QED) is 0.921. The molecule has 1 aliphatic heterocycles. The number of anilines is 1. The number of hydrogen-bond donors (Lipinski definition) is 1. The molecule has 0 saturated carbocycles. The highest BCUT2D eigenvalue weighted by Crippen LogP contribution is 2.30. The Hall–Kier alpha value is -0.650. The van der Waals surface area contributed by atoms with E-state index in [1.807, 2.05) is 6.92 Å². The molecule has 0 radical (unpaired) electrons. The Morgan fingerprint density at radius 2 is 1.89 bits per heavy atom. The van der Waals surface area contributed by atoms with Crippen LogP contribution in [0.2, 0.25) is 0 Å². The lowest BCUT2D eigenvalue weighted by molar-refractivity contribution is 0.193. The Balaban J connectivity index is 2.00. The van der Waals surface area contributed by atoms with Gasteiger partial charge in [0.25, 0.3) is 0 Å². The van der Waals surface area contributed by atoms with Crippen LogP contribution in [0, 0.1) is 6.92 Å². The lowest BCUT2D eigenvalue weighted by Gasteiger charge is -2.37. The lowest BCUT2D eigenvalue weighted by atomic mass is 10.2. The number of rotatable bonds is 4. The van der Waals surface area contributed by atoms with Crippen molar-refractivity contribution < 1.29 is 0 Å². The molecular weight excluding hydrogens is 256 g/mol. The maximum Gasteiger partial charge on any atom is 0.185 e. The number of hydrogen-bond acceptors (Lipinski definition) is 5. The molecule has 4 nitrogen and oxygen atoms in total. The standard InChI is InChI=1S/C14H26N4S/c1-5-10(2)17-6-8-18(9-7-17)14-16-12(4)13(19-14)11(3)15/h10-11H,5-9,15H2,1-4H3. The zero-order chi connectivity index (χ0) is 14.0. The molecule has 108 valence electrons. The fourth-order valence-corrected chi connectivity index (χ4v) is 3.63. The summed E-state index contributed by atoms with van der Waals surface area (Å²) in [5, 5.41) is 1.15. The van der Waals surface area contributed by atoms with E-state index in [4.69, 9.17) is 10.7 Å². The summed E-state index contributed by atoms with van der Waals surface area (Å²) in [6.45, 7) is 13.1. The highest BCUT2D eigenvalue weighted by Gasteiger charge is 2.23. The molecule has 1 saturated heterocycles. The zero-order valence-corrected chi connectivity index (χ0v) is 13.3. The van der Waals surface area contributed by atoms with Crippen LogP contribution in [0.1, 0.15) is 43.8 Å². The first-order chi connectivity index (χ1) is 9.02. The second-order valence-electron chi connectivity index (χ2n) is 5.52. The average molecular weight is 282 g/mol. The van der Waals surface area contributed by atoms with Gasteiger partial charge in [-0.1, -0.05) is 6.92 Å². The van der Waals surface area contributed by atoms with Crippen LogP contribution >= 0.6 is 11.3 Å². The van der Waals surface area contributed by atoms with Crippen molar-refractivity contribution in [2.75, 3.05) is 31.1 Å². The summed E-state index contributed by atoms with van der Waals surface area (Å²) in [5.41, 5.74) is 7.08. The van der Waals surface area contributed by atoms with Crippen molar-refractivity contribution in [2.45, 2.75) is 46.2 Å². The van der Waals surface area contributed by atoms with Gasteiger partial charge in [0.1, 0.15) is 0 Å². The third-order valence-corrected chi connectivity index (χ3v) is 5.45. The normalized spacial score (nSPS) is 20.6. The number of aryl methyl sites for hydroxylation is 1. The second-order valence-corrected chi connectivity index (χ2v) is 6.52. The predicted molar refractivity (Wildman–Crippen MR) is 83.0 cm³/mol. The molecule has 1 aromatic heterocycles. The van der Waals surface area contributed by atoms with Gasteiger partial charge in [0.2, 0.25) is 0 Å². The first-order valence-electron chi connectivity index (χ1n) is 7.24. The summed E-state index contributed by atoms with van der Waals surface area (Å²) in [4.78, 5) is 10.9. The van der Waals surface area contributed by atoms with Crippen LogP contribution in [0.5, 0.6) is 0 Å². The van der Waals surface area contributed by atoms with E-state index in [0.29, 0.717) is 6.04 Å². The smallest absolute Gasteiger partial charge is 0.185 e. The summed E-state index contributed by atoms with van der Waals surface area (Å²) < 4.78 is 0. The molecule has 19 heavy (non-hydrogen) atoms. The van der Waals surface area contributed by atoms with E-state index in [9.17, 15) is 0 Å². The van der Waals surface area contributed by atoms with Gasteiger partial charge in [0.05, 0.1) is 5.69 Å². The second kappa shape index (κ2) is 6.20. The first-order valence-corrected chi connectivity index (χ1v) is 8.06. The number of nitrogens with two attached hydrogens (primary N) is 1. The van der Waals surface area contributed by atoms with Crippen molar-refractivity contribution in [3.8, 4) is 0 Å². The molecule has 2 unspecified atom stereocenters. The maximum atomic E-state index is 5.98. The van der Waals surface area contributed by atoms with Crippen LogP contribution in [-0.4, -0.2) is 42.1 Å². The highest BCUT2D eigenvalue weighted by molar-refractivity contribution is 7.15. The zero-order valence-electron chi connectivity index (χ0n) is 12.5. The monoisotopic (exact) mass is 282 g/mol. The van der Waals surface area contributed by atoms with Crippen molar-refractivity contribution in [2.24, 2.45) is 5.73 Å². The van der Waals surface area contributed by atoms with Crippen molar-refractivity contribution in [1.82, 2.24) is 9.88 Å². The minimum atomic E-state index is 0.0904. The third kappa shape index (κ3) is 3.27. The third-order valence-electron chi connectivity index (χ3n) is 4.03. The molecule has 0 aliphatic carbocycles. The molecule has 1 fully saturated rings. The first kappa shape index (κ1) is 14.8. The van der Waals surface area contributed by atoms with E-state index in [1.165, 1.54) is 11.3 Å². The molecule has 2 N–H and O–H groups in total. The van der Waals surface area contributed by atoms with Crippen LogP contribution < -0.4 is 10.6 Å². The summed E-state index contributed by atoms with van der Waals surface area (Å²) in [7, 11) is 0. The van der Waals surface area contributed by atoms with Gasteiger partial charge in [-0.05, 0) is 27.2 Å². The van der Waals surface area contributed by atoms with E-state index < -0.39 is 0 Å². The Bertz CT molecular complexity index is 408. The molecule has 0 spiro atoms. The van der Waals surface area contributed by atoms with Crippen LogP contribution in [0.3, 0.4) is 0 Å². The SMILES string of the molecule is CCC(C)N1CCN(c2nc(C)c(C(C)N)s2)CC1. The van der Waals surface area contributed by atoms with E-state index in [0.717, 1.165) is 37.0 Å². The van der Waals surface area contributed by atoms with Gasteiger partial charge >= 0.3 is 0 Å². The van der Waals surface area contributed by atoms with Crippen LogP contribution in [0.25, 0.3) is 0 Å². The lowest BCUT2D eigenvalue weighted by Crippen LogP contribution is -2.49. The fraction of sp³-hybridized carbons (Fsp3) is 0.786. The van der Waals surface area contributed by atoms with Gasteiger partial charge in [0.15, 0.2) is 5.13 Å². The number of thiazole rings is 1. The maximum absolute atomic E-state index is 5.98. The highest BCUT2D eigenvalue weighted by atomic mass is 32.1. The Labute approximate surface area is 120 Å². The summed E-state index contributed by atoms with van der Waals surface area (Å²) in [6, 6.07) is 0.785. The van der Waals surface area contributed by atoms with Gasteiger partial charge in [0, 0.05) is 43.1 Å². The topological polar surface area (TPSA) is 45.4 Å². The number of nitrogens with zero attached hydrogens (tertiary/aromatic N) is 3. The van der Waals surface area contributed by atoms with Gasteiger partial charge in [-0.25, -0.2) is 4.98 Å². The molecule has 2 heterocycles. The van der Waals surface area contributed by atoms with Crippen molar-refractivity contribution in [3.05, 3.63) is 10.6 Å². The van der Waals surface area contributed by atoms with Crippen LogP contribution in [0.15, 0.2) is 0 Å². The largest absolute Gasteiger partial charge is 0.346 e. The van der Waals surface area contributed by atoms with Gasteiger partial charge in [-0.2, -0.15) is 0 Å². The molecular formula is C14H26N4S. The number of piperazine rings is 1. The van der Waals surface area contributed by atoms with Crippen molar-refractivity contribution in [1.29, 1.82) is 0 Å². The average Bonchev–Trinajstić information content (AvgIpc) is 2.80. The molecule has 2 rings (SSSR count). The Kier molecular flexibility index (Phi) is 4.81. The van der Waals surface area contributed by atoms with E-state index in [2.05, 4.69) is 30.6 Å². The number of aromatic nitrogens is 1. The minimum absolute atomic E-state index is 0.0904. The molecule has 2 atom stereocenters. The molecule has 1 aromatic rings. The van der Waals surface area contributed by atoms with E-state index >= 15 is 0 Å². The van der Waals surface area contributed by atoms with E-state index in [1.54, 1.807) is 11.3 Å². The molecule has 5 heteroatoms. The summed E-state index contributed by atoms with van der Waals surface area (Å²) in [6.07, 6.45) is 1.23. The van der Waals surface area contributed by atoms with Gasteiger partial charge < -0.3 is 10.6 Å². The Morgan fingerprint density at radius 1 is 1.26 bits per heavy atom. The molecule has 1 aliphatic rings. The van der Waals surface area contributed by atoms with E-state index in [-0.39, 0.29) is 6.04 Å². The summed E-state index contributed by atoms with van der Waals surface area (Å²) >= 11 is 1.76. The van der Waals surface area contributed by atoms with Gasteiger partial charge in [-0.15, -0.1) is 11.3 Å². The van der Waals surface area contributed by atoms with Crippen LogP contribution in [0.4, 0.5) is 5.13 Å². The van der Waals surface area contributed by atoms with Crippen molar-refractivity contribution in [3.63, 3.8) is 0 Å². The molecule has 0 bridgehead atoms. The Morgan fingerprint density at radius 3 is 2.37 bits per heavy atom.